The maximum atomic E-state index is 13.0. The summed E-state index contributed by atoms with van der Waals surface area (Å²) in [6, 6.07) is 24.8. The molecule has 5 nitrogen and oxygen atoms in total. The van der Waals surface area contributed by atoms with Crippen molar-refractivity contribution in [1.82, 2.24) is 4.98 Å². The van der Waals surface area contributed by atoms with Crippen LogP contribution < -0.4 is 10.4 Å². The Morgan fingerprint density at radius 2 is 1.46 bits per heavy atom. The number of carbonyl (C=O) groups excluding carboxylic acids is 2. The highest BCUT2D eigenvalue weighted by Gasteiger charge is 2.15. The van der Waals surface area contributed by atoms with Crippen LogP contribution in [0.2, 0.25) is 0 Å². The summed E-state index contributed by atoms with van der Waals surface area (Å²) in [6.07, 6.45) is 0. The summed E-state index contributed by atoms with van der Waals surface area (Å²) in [5.74, 6) is -1.76. The van der Waals surface area contributed by atoms with Gasteiger partial charge >= 0.3 is 0 Å². The minimum atomic E-state index is -1.35. The average molecular weight is 367 g/mol. The van der Waals surface area contributed by atoms with Gasteiger partial charge in [0.05, 0.1) is 28.4 Å². The lowest BCUT2D eigenvalue weighted by atomic mass is 10.0. The standard InChI is InChI=1S/C23H16N2O3/c26-22(25-20-13-7-5-11-17(20)23(27)28)18-14-21(15-8-2-1-3-9-15)24-19-12-6-4-10-16(18)19/h1-14H,(H,25,26)(H,27,28)/p-1. The predicted molar refractivity (Wildman–Crippen MR) is 106 cm³/mol. The third-order valence-corrected chi connectivity index (χ3v) is 4.43. The molecule has 4 aromatic rings. The molecule has 4 rings (SSSR count). The van der Waals surface area contributed by atoms with Gasteiger partial charge in [-0.25, -0.2) is 4.98 Å². The van der Waals surface area contributed by atoms with Gasteiger partial charge in [-0.2, -0.15) is 0 Å². The van der Waals surface area contributed by atoms with Crippen molar-refractivity contribution >= 4 is 28.5 Å². The summed E-state index contributed by atoms with van der Waals surface area (Å²) in [4.78, 5) is 29.0. The Kier molecular flexibility index (Phi) is 4.56. The van der Waals surface area contributed by atoms with Crippen LogP contribution in [-0.4, -0.2) is 16.9 Å². The number of hydrogen-bond donors (Lipinski definition) is 1. The van der Waals surface area contributed by atoms with Gasteiger partial charge in [0.2, 0.25) is 0 Å². The topological polar surface area (TPSA) is 82.1 Å². The van der Waals surface area contributed by atoms with E-state index in [-0.39, 0.29) is 11.3 Å². The number of benzene rings is 3. The van der Waals surface area contributed by atoms with Crippen LogP contribution >= 0.6 is 0 Å². The minimum Gasteiger partial charge on any atom is -0.545 e. The Morgan fingerprint density at radius 1 is 0.786 bits per heavy atom. The zero-order valence-electron chi connectivity index (χ0n) is 14.8. The van der Waals surface area contributed by atoms with Crippen molar-refractivity contribution in [3.05, 3.63) is 96.1 Å². The van der Waals surface area contributed by atoms with Gasteiger partial charge in [-0.3, -0.25) is 4.79 Å². The second-order valence-corrected chi connectivity index (χ2v) is 6.23. The number of amides is 1. The van der Waals surface area contributed by atoms with Crippen LogP contribution in [0, 0.1) is 0 Å². The number of aromatic nitrogens is 1. The maximum Gasteiger partial charge on any atom is 0.256 e. The number of anilines is 1. The van der Waals surface area contributed by atoms with Gasteiger partial charge in [-0.1, -0.05) is 66.7 Å². The quantitative estimate of drug-likeness (QED) is 0.598. The van der Waals surface area contributed by atoms with Crippen LogP contribution in [0.4, 0.5) is 5.69 Å². The van der Waals surface area contributed by atoms with Gasteiger partial charge in [0.1, 0.15) is 0 Å². The second kappa shape index (κ2) is 7.32. The van der Waals surface area contributed by atoms with Gasteiger partial charge in [0, 0.05) is 16.5 Å². The number of aromatic carboxylic acids is 1. The van der Waals surface area contributed by atoms with Crippen LogP contribution in [0.25, 0.3) is 22.2 Å². The lowest BCUT2D eigenvalue weighted by molar-refractivity contribution is -0.254. The van der Waals surface area contributed by atoms with E-state index in [1.165, 1.54) is 12.1 Å². The SMILES string of the molecule is O=C([O-])c1ccccc1NC(=O)c1cc(-c2ccccc2)nc2ccccc12. The molecule has 0 unspecified atom stereocenters. The molecule has 0 bridgehead atoms. The van der Waals surface area contributed by atoms with Gasteiger partial charge in [-0.05, 0) is 18.2 Å². The van der Waals surface area contributed by atoms with E-state index in [9.17, 15) is 14.7 Å². The zero-order valence-corrected chi connectivity index (χ0v) is 14.8. The highest BCUT2D eigenvalue weighted by atomic mass is 16.4. The number of carbonyl (C=O) groups is 2. The number of nitrogens with one attached hydrogen (secondary N) is 1. The van der Waals surface area contributed by atoms with Crippen LogP contribution in [0.3, 0.4) is 0 Å². The molecule has 0 fully saturated rings. The number of hydrogen-bond acceptors (Lipinski definition) is 4. The predicted octanol–water partition coefficient (Wildman–Crippen LogP) is 3.52. The first kappa shape index (κ1) is 17.4. The Morgan fingerprint density at radius 3 is 2.25 bits per heavy atom. The number of nitrogens with zero attached hydrogens (tertiary/aromatic N) is 1. The molecule has 1 amide bonds. The first-order valence-corrected chi connectivity index (χ1v) is 8.70. The Balaban J connectivity index is 1.82. The van der Waals surface area contributed by atoms with Crippen molar-refractivity contribution in [3.63, 3.8) is 0 Å². The van der Waals surface area contributed by atoms with Crippen LogP contribution in [0.5, 0.6) is 0 Å². The summed E-state index contributed by atoms with van der Waals surface area (Å²) in [6.45, 7) is 0. The molecule has 1 N–H and O–H groups in total. The molecule has 1 heterocycles. The highest BCUT2D eigenvalue weighted by molar-refractivity contribution is 6.14. The molecule has 0 saturated heterocycles. The molecule has 0 saturated carbocycles. The fourth-order valence-corrected chi connectivity index (χ4v) is 3.08. The van der Waals surface area contributed by atoms with Crippen molar-refractivity contribution in [2.45, 2.75) is 0 Å². The Bertz CT molecular complexity index is 1190. The molecule has 136 valence electrons. The monoisotopic (exact) mass is 367 g/mol. The minimum absolute atomic E-state index is 0.0718. The molecule has 5 heteroatoms. The van der Waals surface area contributed by atoms with Crippen molar-refractivity contribution in [3.8, 4) is 11.3 Å². The second-order valence-electron chi connectivity index (χ2n) is 6.23. The van der Waals surface area contributed by atoms with Crippen LogP contribution in [0.1, 0.15) is 20.7 Å². The number of para-hydroxylation sites is 2. The van der Waals surface area contributed by atoms with E-state index in [1.807, 2.05) is 54.6 Å². The number of pyridine rings is 1. The number of fused-ring (bicyclic) bond motifs is 1. The Labute approximate surface area is 161 Å². The lowest BCUT2D eigenvalue weighted by Crippen LogP contribution is -2.24. The number of carboxylic acids is 1. The summed E-state index contributed by atoms with van der Waals surface area (Å²) in [5.41, 5.74) is 2.77. The van der Waals surface area contributed by atoms with Crippen LogP contribution in [-0.2, 0) is 0 Å². The molecule has 0 aliphatic rings. The molecule has 0 atom stereocenters. The first-order valence-electron chi connectivity index (χ1n) is 8.70. The van der Waals surface area contributed by atoms with E-state index in [0.29, 0.717) is 22.2 Å². The first-order chi connectivity index (χ1) is 13.6. The Hall–Kier alpha value is -3.99. The summed E-state index contributed by atoms with van der Waals surface area (Å²) in [7, 11) is 0. The smallest absolute Gasteiger partial charge is 0.256 e. The van der Waals surface area contributed by atoms with E-state index in [0.717, 1.165) is 5.56 Å². The van der Waals surface area contributed by atoms with Crippen molar-refractivity contribution in [1.29, 1.82) is 0 Å². The summed E-state index contributed by atoms with van der Waals surface area (Å²) in [5, 5.41) is 14.7. The molecular formula is C23H15N2O3-. The molecule has 1 aromatic heterocycles. The normalized spacial score (nSPS) is 10.6. The molecular weight excluding hydrogens is 352 g/mol. The van der Waals surface area contributed by atoms with Crippen molar-refractivity contribution in [2.75, 3.05) is 5.32 Å². The van der Waals surface area contributed by atoms with E-state index >= 15 is 0 Å². The van der Waals surface area contributed by atoms with Gasteiger partial charge in [-0.15, -0.1) is 0 Å². The fraction of sp³-hybridized carbons (Fsp3) is 0. The lowest BCUT2D eigenvalue weighted by Gasteiger charge is -2.13. The van der Waals surface area contributed by atoms with E-state index in [1.54, 1.807) is 18.2 Å². The van der Waals surface area contributed by atoms with Gasteiger partial charge in [0.25, 0.3) is 5.91 Å². The molecule has 0 spiro atoms. The van der Waals surface area contributed by atoms with E-state index in [2.05, 4.69) is 10.3 Å². The third-order valence-electron chi connectivity index (χ3n) is 4.43. The van der Waals surface area contributed by atoms with E-state index < -0.39 is 11.9 Å². The van der Waals surface area contributed by atoms with E-state index in [4.69, 9.17) is 0 Å². The van der Waals surface area contributed by atoms with Gasteiger partial charge in [0.15, 0.2) is 0 Å². The third kappa shape index (κ3) is 3.33. The highest BCUT2D eigenvalue weighted by Crippen LogP contribution is 2.26. The number of carboxylic acid groups (broad SMARTS) is 1. The largest absolute Gasteiger partial charge is 0.545 e. The zero-order chi connectivity index (χ0) is 19.5. The summed E-state index contributed by atoms with van der Waals surface area (Å²) < 4.78 is 0. The van der Waals surface area contributed by atoms with Crippen LogP contribution in [0.15, 0.2) is 84.9 Å². The molecule has 0 aliphatic heterocycles. The maximum absolute atomic E-state index is 13.0. The molecule has 0 radical (unpaired) electrons. The number of rotatable bonds is 4. The van der Waals surface area contributed by atoms with Crippen molar-refractivity contribution < 1.29 is 14.7 Å². The average Bonchev–Trinajstić information content (AvgIpc) is 2.73. The molecule has 28 heavy (non-hydrogen) atoms. The summed E-state index contributed by atoms with van der Waals surface area (Å²) >= 11 is 0. The molecule has 0 aliphatic carbocycles. The van der Waals surface area contributed by atoms with Crippen molar-refractivity contribution in [2.24, 2.45) is 0 Å². The fourth-order valence-electron chi connectivity index (χ4n) is 3.08. The van der Waals surface area contributed by atoms with Gasteiger partial charge < -0.3 is 15.2 Å². The molecule has 3 aromatic carbocycles.